The van der Waals surface area contributed by atoms with Gasteiger partial charge in [-0.3, -0.25) is 10.1 Å². The quantitative estimate of drug-likeness (QED) is 0.459. The zero-order valence-electron chi connectivity index (χ0n) is 10.9. The lowest BCUT2D eigenvalue weighted by atomic mass is 10.2. The lowest BCUT2D eigenvalue weighted by molar-refractivity contribution is -0.384. The van der Waals surface area contributed by atoms with E-state index in [-0.39, 0.29) is 22.3 Å². The van der Waals surface area contributed by atoms with E-state index < -0.39 is 16.6 Å². The fourth-order valence-corrected chi connectivity index (χ4v) is 2.13. The van der Waals surface area contributed by atoms with Crippen molar-refractivity contribution < 1.29 is 18.4 Å². The first-order valence-electron chi connectivity index (χ1n) is 5.90. The van der Waals surface area contributed by atoms with Crippen molar-refractivity contribution in [1.82, 2.24) is 0 Å². The summed E-state index contributed by atoms with van der Waals surface area (Å²) in [4.78, 5) is 10.1. The van der Waals surface area contributed by atoms with Crippen LogP contribution in [-0.2, 0) is 6.61 Å². The molecule has 0 bridgehead atoms. The van der Waals surface area contributed by atoms with Crippen LogP contribution in [0.2, 0.25) is 0 Å². The van der Waals surface area contributed by atoms with Gasteiger partial charge in [-0.05, 0) is 46.6 Å². The highest BCUT2D eigenvalue weighted by Crippen LogP contribution is 2.26. The van der Waals surface area contributed by atoms with Crippen molar-refractivity contribution in [1.29, 1.82) is 0 Å². The van der Waals surface area contributed by atoms with E-state index in [1.165, 1.54) is 24.3 Å². The first kappa shape index (κ1) is 15.4. The highest BCUT2D eigenvalue weighted by atomic mass is 79.9. The summed E-state index contributed by atoms with van der Waals surface area (Å²) >= 11 is 2.97. The Morgan fingerprint density at radius 3 is 2.62 bits per heavy atom. The predicted molar refractivity (Wildman–Crippen MR) is 76.2 cm³/mol. The third-order valence-electron chi connectivity index (χ3n) is 2.88. The van der Waals surface area contributed by atoms with E-state index in [0.717, 1.165) is 6.07 Å². The molecule has 0 atom stereocenters. The maximum absolute atomic E-state index is 13.8. The number of non-ortho nitro benzene ring substituents is 1. The maximum Gasteiger partial charge on any atom is 0.269 e. The van der Waals surface area contributed by atoms with Crippen LogP contribution in [-0.4, -0.2) is 4.92 Å². The zero-order chi connectivity index (χ0) is 15.6. The van der Waals surface area contributed by atoms with Crippen LogP contribution in [0, 0.1) is 28.7 Å². The minimum atomic E-state index is -0.727. The topological polar surface area (TPSA) is 52.4 Å². The normalized spacial score (nSPS) is 10.5. The third-order valence-corrected chi connectivity index (χ3v) is 3.49. The molecule has 2 aromatic carbocycles. The smallest absolute Gasteiger partial charge is 0.269 e. The van der Waals surface area contributed by atoms with Crippen LogP contribution in [0.1, 0.15) is 11.1 Å². The largest absolute Gasteiger partial charge is 0.488 e. The summed E-state index contributed by atoms with van der Waals surface area (Å²) in [5.74, 6) is -1.11. The van der Waals surface area contributed by atoms with Crippen LogP contribution >= 0.6 is 15.9 Å². The molecule has 7 heteroatoms. The molecule has 2 rings (SSSR count). The fraction of sp³-hybridized carbons (Fsp3) is 0.143. The summed E-state index contributed by atoms with van der Waals surface area (Å²) in [5, 5.41) is 10.6. The molecular formula is C14H10BrF2NO3. The molecule has 0 aliphatic carbocycles. The van der Waals surface area contributed by atoms with Crippen LogP contribution < -0.4 is 4.74 Å². The molecule has 0 heterocycles. The molecule has 0 aromatic heterocycles. The van der Waals surface area contributed by atoms with Crippen molar-refractivity contribution in [2.24, 2.45) is 0 Å². The van der Waals surface area contributed by atoms with E-state index in [1.807, 2.05) is 0 Å². The molecule has 4 nitrogen and oxygen atoms in total. The summed E-state index contributed by atoms with van der Waals surface area (Å²) < 4.78 is 32.8. The zero-order valence-corrected chi connectivity index (χ0v) is 12.5. The Bertz CT molecular complexity index is 707. The van der Waals surface area contributed by atoms with Crippen LogP contribution in [0.15, 0.2) is 34.8 Å². The number of halogens is 3. The summed E-state index contributed by atoms with van der Waals surface area (Å²) in [6.07, 6.45) is 0. The van der Waals surface area contributed by atoms with Crippen molar-refractivity contribution in [2.75, 3.05) is 0 Å². The lowest BCUT2D eigenvalue weighted by Gasteiger charge is -2.11. The van der Waals surface area contributed by atoms with Crippen molar-refractivity contribution >= 4 is 21.6 Å². The maximum atomic E-state index is 13.8. The van der Waals surface area contributed by atoms with Gasteiger partial charge in [-0.15, -0.1) is 0 Å². The molecule has 0 amide bonds. The molecule has 0 radical (unpaired) electrons. The first-order valence-corrected chi connectivity index (χ1v) is 6.69. The molecular weight excluding hydrogens is 348 g/mol. The highest BCUT2D eigenvalue weighted by Gasteiger charge is 2.14. The second kappa shape index (κ2) is 6.17. The molecule has 0 fully saturated rings. The molecule has 0 unspecified atom stereocenters. The van der Waals surface area contributed by atoms with E-state index in [0.29, 0.717) is 11.3 Å². The molecule has 0 aliphatic heterocycles. The molecule has 0 aliphatic rings. The minimum Gasteiger partial charge on any atom is -0.488 e. The number of hydrogen-bond donors (Lipinski definition) is 0. The number of nitro benzene ring substituents is 1. The van der Waals surface area contributed by atoms with E-state index in [4.69, 9.17) is 4.74 Å². The van der Waals surface area contributed by atoms with Gasteiger partial charge in [-0.1, -0.05) is 0 Å². The van der Waals surface area contributed by atoms with E-state index >= 15 is 0 Å². The summed E-state index contributed by atoms with van der Waals surface area (Å²) in [6.45, 7) is 1.31. The van der Waals surface area contributed by atoms with Crippen LogP contribution in [0.25, 0.3) is 0 Å². The third kappa shape index (κ3) is 3.36. The second-order valence-electron chi connectivity index (χ2n) is 4.32. The molecule has 21 heavy (non-hydrogen) atoms. The van der Waals surface area contributed by atoms with Gasteiger partial charge in [0.25, 0.3) is 5.69 Å². The van der Waals surface area contributed by atoms with Gasteiger partial charge in [0.1, 0.15) is 24.0 Å². The number of hydrogen-bond acceptors (Lipinski definition) is 3. The van der Waals surface area contributed by atoms with Gasteiger partial charge >= 0.3 is 0 Å². The number of nitro groups is 1. The Hall–Kier alpha value is -2.02. The molecule has 110 valence electrons. The van der Waals surface area contributed by atoms with Crippen LogP contribution in [0.4, 0.5) is 14.5 Å². The highest BCUT2D eigenvalue weighted by molar-refractivity contribution is 9.10. The first-order chi connectivity index (χ1) is 9.90. The van der Waals surface area contributed by atoms with Crippen molar-refractivity contribution in [3.8, 4) is 5.75 Å². The minimum absolute atomic E-state index is 0.0698. The van der Waals surface area contributed by atoms with E-state index in [9.17, 15) is 18.9 Å². The lowest BCUT2D eigenvalue weighted by Crippen LogP contribution is -2.03. The van der Waals surface area contributed by atoms with Crippen molar-refractivity contribution in [3.05, 3.63) is 67.7 Å². The van der Waals surface area contributed by atoms with Gasteiger partial charge in [0.2, 0.25) is 0 Å². The molecule has 2 aromatic rings. The number of benzene rings is 2. The number of nitrogens with zero attached hydrogens (tertiary/aromatic N) is 1. The Morgan fingerprint density at radius 2 is 2.00 bits per heavy atom. The van der Waals surface area contributed by atoms with E-state index in [2.05, 4.69) is 15.9 Å². The number of aryl methyl sites for hydroxylation is 1. The second-order valence-corrected chi connectivity index (χ2v) is 5.17. The Balaban J connectivity index is 2.21. The van der Waals surface area contributed by atoms with Crippen molar-refractivity contribution in [3.63, 3.8) is 0 Å². The van der Waals surface area contributed by atoms with Gasteiger partial charge in [0, 0.05) is 12.1 Å². The monoisotopic (exact) mass is 357 g/mol. The van der Waals surface area contributed by atoms with E-state index in [1.54, 1.807) is 6.92 Å². The van der Waals surface area contributed by atoms with Gasteiger partial charge in [0.15, 0.2) is 0 Å². The van der Waals surface area contributed by atoms with Gasteiger partial charge in [0.05, 0.1) is 15.0 Å². The SMILES string of the molecule is Cc1cc([N+](=O)[O-])ccc1OCc1c(F)ccc(Br)c1F. The molecule has 0 spiro atoms. The molecule has 0 saturated carbocycles. The average Bonchev–Trinajstić information content (AvgIpc) is 2.44. The fourth-order valence-electron chi connectivity index (χ4n) is 1.76. The standard InChI is InChI=1S/C14H10BrF2NO3/c1-8-6-9(18(19)20)2-5-13(8)21-7-10-12(16)4-3-11(15)14(10)17/h2-6H,7H2,1H3. The predicted octanol–water partition coefficient (Wildman–Crippen LogP) is 4.52. The van der Waals surface area contributed by atoms with Crippen LogP contribution in [0.3, 0.4) is 0 Å². The number of rotatable bonds is 4. The van der Waals surface area contributed by atoms with Gasteiger partial charge in [-0.25, -0.2) is 8.78 Å². The van der Waals surface area contributed by atoms with Gasteiger partial charge < -0.3 is 4.74 Å². The average molecular weight is 358 g/mol. The number of ether oxygens (including phenoxy) is 1. The van der Waals surface area contributed by atoms with Crippen molar-refractivity contribution in [2.45, 2.75) is 13.5 Å². The molecule has 0 N–H and O–H groups in total. The summed E-state index contributed by atoms with van der Waals surface area (Å²) in [7, 11) is 0. The van der Waals surface area contributed by atoms with Gasteiger partial charge in [-0.2, -0.15) is 0 Å². The van der Waals surface area contributed by atoms with Crippen LogP contribution in [0.5, 0.6) is 5.75 Å². The molecule has 0 saturated heterocycles. The Morgan fingerprint density at radius 1 is 1.29 bits per heavy atom. The summed E-state index contributed by atoms with van der Waals surface area (Å²) in [5.41, 5.74) is 0.238. The summed E-state index contributed by atoms with van der Waals surface area (Å²) in [6, 6.07) is 6.42. The Labute approximate surface area is 127 Å². The Kier molecular flexibility index (Phi) is 4.52.